The van der Waals surface area contributed by atoms with E-state index in [0.717, 1.165) is 16.6 Å². The molecule has 0 unspecified atom stereocenters. The highest BCUT2D eigenvalue weighted by Gasteiger charge is 2.33. The van der Waals surface area contributed by atoms with Crippen LogP contribution in [0.25, 0.3) is 11.0 Å². The number of aromatic nitrogens is 2. The average Bonchev–Trinajstić information content (AvgIpc) is 3.16. The number of amides is 2. The zero-order chi connectivity index (χ0) is 20.4. The summed E-state index contributed by atoms with van der Waals surface area (Å²) in [6.45, 7) is 0.269. The van der Waals surface area contributed by atoms with E-state index in [1.54, 1.807) is 25.6 Å². The Kier molecular flexibility index (Phi) is 4.90. The van der Waals surface area contributed by atoms with E-state index in [0.29, 0.717) is 17.0 Å². The Labute approximate surface area is 167 Å². The number of hydrogen-bond acceptors (Lipinski definition) is 5. The Morgan fingerprint density at radius 1 is 1.14 bits per heavy atom. The highest BCUT2D eigenvalue weighted by atomic mass is 16.5. The van der Waals surface area contributed by atoms with Crippen molar-refractivity contribution in [3.8, 4) is 5.75 Å². The number of hydrogen-bond donors (Lipinski definition) is 2. The van der Waals surface area contributed by atoms with E-state index >= 15 is 0 Å². The molecule has 0 bridgehead atoms. The van der Waals surface area contributed by atoms with Crippen LogP contribution in [0.3, 0.4) is 0 Å². The summed E-state index contributed by atoms with van der Waals surface area (Å²) in [5, 5.41) is 5.57. The minimum atomic E-state index is -0.646. The van der Waals surface area contributed by atoms with E-state index in [1.165, 1.54) is 7.11 Å². The molecule has 0 saturated heterocycles. The Balaban J connectivity index is 1.79. The molecule has 2 N–H and O–H groups in total. The van der Waals surface area contributed by atoms with Gasteiger partial charge >= 0.3 is 12.0 Å². The standard InChI is InChI=1S/C21H20N4O4/c1-28-14-9-7-13(8-10-14)19-18(20(26)29-2)16(23-21(27)24-19)11-25-12-22-15-5-3-4-6-17(15)25/h3-10,12,19H,11H2,1-2H3,(H2,23,24,27)/t19-/m0/s1. The predicted molar refractivity (Wildman–Crippen MR) is 106 cm³/mol. The number of rotatable bonds is 5. The topological polar surface area (TPSA) is 94.5 Å². The summed E-state index contributed by atoms with van der Waals surface area (Å²) < 4.78 is 12.1. The van der Waals surface area contributed by atoms with Crippen LogP contribution in [0.5, 0.6) is 5.75 Å². The maximum atomic E-state index is 12.7. The number of nitrogens with zero attached hydrogens (tertiary/aromatic N) is 2. The Hall–Kier alpha value is -3.81. The number of fused-ring (bicyclic) bond motifs is 1. The maximum absolute atomic E-state index is 12.7. The van der Waals surface area contributed by atoms with Gasteiger partial charge in [-0.2, -0.15) is 0 Å². The fraction of sp³-hybridized carbons (Fsp3) is 0.190. The number of carbonyl (C=O) groups excluding carboxylic acids is 2. The molecule has 1 aromatic heterocycles. The molecule has 8 heteroatoms. The molecule has 1 aliphatic rings. The lowest BCUT2D eigenvalue weighted by Crippen LogP contribution is -2.46. The second kappa shape index (κ2) is 7.67. The third-order valence-electron chi connectivity index (χ3n) is 4.86. The van der Waals surface area contributed by atoms with Crippen molar-refractivity contribution in [1.82, 2.24) is 20.2 Å². The lowest BCUT2D eigenvalue weighted by molar-refractivity contribution is -0.136. The van der Waals surface area contributed by atoms with Gasteiger partial charge in [-0.3, -0.25) is 0 Å². The van der Waals surface area contributed by atoms with Crippen LogP contribution >= 0.6 is 0 Å². The first kappa shape index (κ1) is 18.5. The number of para-hydroxylation sites is 2. The molecule has 3 aromatic rings. The summed E-state index contributed by atoms with van der Waals surface area (Å²) in [5.41, 5.74) is 3.28. The predicted octanol–water partition coefficient (Wildman–Crippen LogP) is 2.53. The molecule has 0 fully saturated rings. The number of allylic oxidation sites excluding steroid dienone is 1. The normalized spacial score (nSPS) is 16.3. The van der Waals surface area contributed by atoms with Crippen LogP contribution in [0.4, 0.5) is 4.79 Å². The van der Waals surface area contributed by atoms with E-state index in [1.807, 2.05) is 41.0 Å². The van der Waals surface area contributed by atoms with Gasteiger partial charge in [0.25, 0.3) is 0 Å². The zero-order valence-electron chi connectivity index (χ0n) is 16.0. The van der Waals surface area contributed by atoms with E-state index in [-0.39, 0.29) is 6.54 Å². The summed E-state index contributed by atoms with van der Waals surface area (Å²) in [6.07, 6.45) is 1.68. The first-order valence-corrected chi connectivity index (χ1v) is 9.03. The Bertz CT molecular complexity index is 1100. The summed E-state index contributed by atoms with van der Waals surface area (Å²) in [4.78, 5) is 29.4. The molecule has 0 saturated carbocycles. The molecule has 148 valence electrons. The van der Waals surface area contributed by atoms with Gasteiger partial charge < -0.3 is 24.7 Å². The van der Waals surface area contributed by atoms with E-state index in [4.69, 9.17) is 9.47 Å². The molecule has 8 nitrogen and oxygen atoms in total. The highest BCUT2D eigenvalue weighted by Crippen LogP contribution is 2.30. The smallest absolute Gasteiger partial charge is 0.338 e. The molecule has 0 aliphatic carbocycles. The summed E-state index contributed by atoms with van der Waals surface area (Å²) >= 11 is 0. The zero-order valence-corrected chi connectivity index (χ0v) is 16.0. The summed E-state index contributed by atoms with van der Waals surface area (Å²) in [5.74, 6) is 0.167. The van der Waals surface area contributed by atoms with Gasteiger partial charge in [-0.15, -0.1) is 0 Å². The van der Waals surface area contributed by atoms with Crippen molar-refractivity contribution in [1.29, 1.82) is 0 Å². The molecule has 1 aliphatic heterocycles. The van der Waals surface area contributed by atoms with Crippen LogP contribution < -0.4 is 15.4 Å². The number of methoxy groups -OCH3 is 2. The van der Waals surface area contributed by atoms with Crippen LogP contribution in [0.15, 0.2) is 66.1 Å². The monoisotopic (exact) mass is 392 g/mol. The van der Waals surface area contributed by atoms with Crippen molar-refractivity contribution in [2.24, 2.45) is 0 Å². The third kappa shape index (κ3) is 3.52. The first-order valence-electron chi connectivity index (χ1n) is 9.03. The number of esters is 1. The molecule has 29 heavy (non-hydrogen) atoms. The van der Waals surface area contributed by atoms with Crippen molar-refractivity contribution < 1.29 is 19.1 Å². The quantitative estimate of drug-likeness (QED) is 0.651. The lowest BCUT2D eigenvalue weighted by Gasteiger charge is -2.29. The summed E-state index contributed by atoms with van der Waals surface area (Å²) in [6, 6.07) is 13.8. The van der Waals surface area contributed by atoms with Crippen molar-refractivity contribution in [2.75, 3.05) is 14.2 Å². The number of urea groups is 1. The van der Waals surface area contributed by atoms with Gasteiger partial charge in [-0.25, -0.2) is 14.6 Å². The van der Waals surface area contributed by atoms with Crippen LogP contribution in [-0.4, -0.2) is 35.8 Å². The molecule has 1 atom stereocenters. The number of imidazole rings is 1. The molecule has 0 radical (unpaired) electrons. The Morgan fingerprint density at radius 2 is 1.90 bits per heavy atom. The fourth-order valence-corrected chi connectivity index (χ4v) is 3.45. The second-order valence-electron chi connectivity index (χ2n) is 6.55. The van der Waals surface area contributed by atoms with Crippen molar-refractivity contribution >= 4 is 23.0 Å². The molecule has 2 amide bonds. The first-order chi connectivity index (χ1) is 14.1. The molecule has 4 rings (SSSR count). The molecular weight excluding hydrogens is 372 g/mol. The van der Waals surface area contributed by atoms with Crippen molar-refractivity contribution in [3.63, 3.8) is 0 Å². The molecular formula is C21H20N4O4. The van der Waals surface area contributed by atoms with Gasteiger partial charge in [0.05, 0.1) is 55.4 Å². The van der Waals surface area contributed by atoms with Crippen LogP contribution in [-0.2, 0) is 16.1 Å². The number of ether oxygens (including phenoxy) is 2. The second-order valence-corrected chi connectivity index (χ2v) is 6.55. The van der Waals surface area contributed by atoms with E-state index in [2.05, 4.69) is 15.6 Å². The molecule has 2 heterocycles. The average molecular weight is 392 g/mol. The van der Waals surface area contributed by atoms with Gasteiger partial charge in [0.1, 0.15) is 5.75 Å². The van der Waals surface area contributed by atoms with E-state index < -0.39 is 18.0 Å². The van der Waals surface area contributed by atoms with Gasteiger partial charge in [-0.1, -0.05) is 24.3 Å². The number of carbonyl (C=O) groups is 2. The van der Waals surface area contributed by atoms with Gasteiger partial charge in [0, 0.05) is 0 Å². The van der Waals surface area contributed by atoms with Gasteiger partial charge in [0.2, 0.25) is 0 Å². The Morgan fingerprint density at radius 3 is 2.62 bits per heavy atom. The van der Waals surface area contributed by atoms with Crippen LogP contribution in [0, 0.1) is 0 Å². The molecule has 2 aromatic carbocycles. The van der Waals surface area contributed by atoms with Gasteiger partial charge in [0.15, 0.2) is 0 Å². The fourth-order valence-electron chi connectivity index (χ4n) is 3.45. The van der Waals surface area contributed by atoms with Crippen molar-refractivity contribution in [3.05, 3.63) is 71.7 Å². The lowest BCUT2D eigenvalue weighted by atomic mass is 9.95. The third-order valence-corrected chi connectivity index (χ3v) is 4.86. The minimum Gasteiger partial charge on any atom is -0.497 e. The SMILES string of the molecule is COC(=O)C1=C(Cn2cnc3ccccc32)NC(=O)N[C@H]1c1ccc(OC)cc1. The summed E-state index contributed by atoms with van der Waals surface area (Å²) in [7, 11) is 2.90. The van der Waals surface area contributed by atoms with Crippen LogP contribution in [0.2, 0.25) is 0 Å². The highest BCUT2D eigenvalue weighted by molar-refractivity contribution is 5.95. The maximum Gasteiger partial charge on any atom is 0.338 e. The minimum absolute atomic E-state index is 0.269. The molecule has 0 spiro atoms. The van der Waals surface area contributed by atoms with E-state index in [9.17, 15) is 9.59 Å². The van der Waals surface area contributed by atoms with Crippen LogP contribution in [0.1, 0.15) is 11.6 Å². The number of benzene rings is 2. The van der Waals surface area contributed by atoms with Gasteiger partial charge in [-0.05, 0) is 29.8 Å². The number of nitrogens with one attached hydrogen (secondary N) is 2. The van der Waals surface area contributed by atoms with Crippen molar-refractivity contribution in [2.45, 2.75) is 12.6 Å². The largest absolute Gasteiger partial charge is 0.497 e.